The summed E-state index contributed by atoms with van der Waals surface area (Å²) in [5.74, 6) is -2.17. The Kier molecular flexibility index (Phi) is 4.85. The van der Waals surface area contributed by atoms with Crippen molar-refractivity contribution in [1.29, 1.82) is 0 Å². The largest absolute Gasteiger partial charge is 0.324 e. The van der Waals surface area contributed by atoms with Crippen molar-refractivity contribution < 1.29 is 13.6 Å². The number of carbonyl (C=O) groups is 1. The molecule has 0 aliphatic carbocycles. The zero-order chi connectivity index (χ0) is 17.8. The van der Waals surface area contributed by atoms with Crippen LogP contribution in [0.5, 0.6) is 0 Å². The van der Waals surface area contributed by atoms with Gasteiger partial charge < -0.3 is 10.6 Å². The molecule has 0 unspecified atom stereocenters. The van der Waals surface area contributed by atoms with Gasteiger partial charge in [0.25, 0.3) is 5.91 Å². The van der Waals surface area contributed by atoms with Crippen LogP contribution in [0.15, 0.2) is 54.9 Å². The predicted molar refractivity (Wildman–Crippen MR) is 91.1 cm³/mol. The summed E-state index contributed by atoms with van der Waals surface area (Å²) >= 11 is 5.78. The molecule has 0 fully saturated rings. The van der Waals surface area contributed by atoms with Crippen molar-refractivity contribution in [3.63, 3.8) is 0 Å². The fourth-order valence-electron chi connectivity index (χ4n) is 1.95. The second-order valence-corrected chi connectivity index (χ2v) is 5.45. The molecule has 0 radical (unpaired) electrons. The van der Waals surface area contributed by atoms with E-state index in [2.05, 4.69) is 20.6 Å². The van der Waals surface area contributed by atoms with Gasteiger partial charge in [0.1, 0.15) is 0 Å². The quantitative estimate of drug-likeness (QED) is 0.723. The summed E-state index contributed by atoms with van der Waals surface area (Å²) in [5, 5.41) is 5.96. The van der Waals surface area contributed by atoms with E-state index in [9.17, 15) is 13.6 Å². The Balaban J connectivity index is 1.67. The monoisotopic (exact) mass is 360 g/mol. The smallest absolute Gasteiger partial charge is 0.258 e. The van der Waals surface area contributed by atoms with Crippen LogP contribution < -0.4 is 10.6 Å². The van der Waals surface area contributed by atoms with E-state index in [0.29, 0.717) is 10.7 Å². The second kappa shape index (κ2) is 7.23. The van der Waals surface area contributed by atoms with Gasteiger partial charge in [-0.05, 0) is 36.4 Å². The molecule has 0 atom stereocenters. The molecule has 0 aliphatic heterocycles. The number of rotatable bonds is 4. The SMILES string of the molecule is O=C(Nc1ccc(Cl)cc1)c1cnc(Nc2ccc(F)c(F)c2)nc1. The van der Waals surface area contributed by atoms with Gasteiger partial charge in [-0.3, -0.25) is 4.79 Å². The lowest BCUT2D eigenvalue weighted by molar-refractivity contribution is 0.102. The summed E-state index contributed by atoms with van der Waals surface area (Å²) in [4.78, 5) is 20.1. The highest BCUT2D eigenvalue weighted by atomic mass is 35.5. The lowest BCUT2D eigenvalue weighted by Crippen LogP contribution is -2.13. The Morgan fingerprint density at radius 3 is 2.20 bits per heavy atom. The maximum atomic E-state index is 13.2. The number of aromatic nitrogens is 2. The standard InChI is InChI=1S/C17H11ClF2N4O/c18-11-1-3-12(4-2-11)23-16(25)10-8-21-17(22-9-10)24-13-5-6-14(19)15(20)7-13/h1-9H,(H,23,25)(H,21,22,24). The van der Waals surface area contributed by atoms with Crippen LogP contribution in [0.4, 0.5) is 26.1 Å². The average molecular weight is 361 g/mol. The van der Waals surface area contributed by atoms with Gasteiger partial charge in [-0.2, -0.15) is 0 Å². The Hall–Kier alpha value is -3.06. The van der Waals surface area contributed by atoms with Gasteiger partial charge in [-0.25, -0.2) is 18.7 Å². The molecule has 3 rings (SSSR count). The minimum Gasteiger partial charge on any atom is -0.324 e. The van der Waals surface area contributed by atoms with E-state index in [1.807, 2.05) is 0 Å². The fraction of sp³-hybridized carbons (Fsp3) is 0. The molecule has 1 amide bonds. The lowest BCUT2D eigenvalue weighted by Gasteiger charge is -2.07. The average Bonchev–Trinajstić information content (AvgIpc) is 2.61. The number of halogens is 3. The van der Waals surface area contributed by atoms with Gasteiger partial charge in [0, 0.05) is 34.9 Å². The third-order valence-electron chi connectivity index (χ3n) is 3.19. The number of benzene rings is 2. The van der Waals surface area contributed by atoms with E-state index in [1.54, 1.807) is 24.3 Å². The van der Waals surface area contributed by atoms with E-state index < -0.39 is 11.6 Å². The van der Waals surface area contributed by atoms with E-state index in [4.69, 9.17) is 11.6 Å². The van der Waals surface area contributed by atoms with Gasteiger partial charge in [-0.1, -0.05) is 11.6 Å². The third-order valence-corrected chi connectivity index (χ3v) is 3.44. The first-order valence-electron chi connectivity index (χ1n) is 7.12. The third kappa shape index (κ3) is 4.27. The molecule has 3 aromatic rings. The van der Waals surface area contributed by atoms with Crippen molar-refractivity contribution >= 4 is 34.8 Å². The zero-order valence-electron chi connectivity index (χ0n) is 12.6. The number of amides is 1. The van der Waals surface area contributed by atoms with Crippen molar-refractivity contribution in [2.45, 2.75) is 0 Å². The molecule has 5 nitrogen and oxygen atoms in total. The van der Waals surface area contributed by atoms with Gasteiger partial charge in [0.05, 0.1) is 5.56 Å². The van der Waals surface area contributed by atoms with Crippen LogP contribution in [-0.2, 0) is 0 Å². The lowest BCUT2D eigenvalue weighted by atomic mass is 10.3. The van der Waals surface area contributed by atoms with E-state index in [-0.39, 0.29) is 23.1 Å². The summed E-state index contributed by atoms with van der Waals surface area (Å²) in [6, 6.07) is 9.97. The number of nitrogens with zero attached hydrogens (tertiary/aromatic N) is 2. The van der Waals surface area contributed by atoms with E-state index in [1.165, 1.54) is 18.5 Å². The molecule has 0 saturated heterocycles. The summed E-state index contributed by atoms with van der Waals surface area (Å²) in [6.07, 6.45) is 2.64. The molecule has 25 heavy (non-hydrogen) atoms. The van der Waals surface area contributed by atoms with Crippen LogP contribution >= 0.6 is 11.6 Å². The van der Waals surface area contributed by atoms with Crippen LogP contribution in [0.1, 0.15) is 10.4 Å². The summed E-state index contributed by atoms with van der Waals surface area (Å²) < 4.78 is 26.1. The maximum absolute atomic E-state index is 13.2. The first-order valence-corrected chi connectivity index (χ1v) is 7.50. The molecule has 0 bridgehead atoms. The highest BCUT2D eigenvalue weighted by Gasteiger charge is 2.09. The molecule has 8 heteroatoms. The normalized spacial score (nSPS) is 10.4. The first kappa shape index (κ1) is 16.8. The second-order valence-electron chi connectivity index (χ2n) is 5.01. The first-order chi connectivity index (χ1) is 12.0. The topological polar surface area (TPSA) is 66.9 Å². The molecule has 1 heterocycles. The molecular formula is C17H11ClF2N4O. The van der Waals surface area contributed by atoms with Gasteiger partial charge in [0.2, 0.25) is 5.95 Å². The maximum Gasteiger partial charge on any atom is 0.258 e. The molecular weight excluding hydrogens is 350 g/mol. The highest BCUT2D eigenvalue weighted by Crippen LogP contribution is 2.17. The van der Waals surface area contributed by atoms with Crippen molar-refractivity contribution in [2.24, 2.45) is 0 Å². The molecule has 0 aliphatic rings. The molecule has 2 aromatic carbocycles. The number of carbonyl (C=O) groups excluding carboxylic acids is 1. The Bertz CT molecular complexity index is 902. The molecule has 2 N–H and O–H groups in total. The van der Waals surface area contributed by atoms with Gasteiger partial charge in [0.15, 0.2) is 11.6 Å². The van der Waals surface area contributed by atoms with Crippen molar-refractivity contribution in [1.82, 2.24) is 9.97 Å². The number of hydrogen-bond donors (Lipinski definition) is 2. The molecule has 126 valence electrons. The number of hydrogen-bond acceptors (Lipinski definition) is 4. The Morgan fingerprint density at radius 1 is 0.920 bits per heavy atom. The van der Waals surface area contributed by atoms with E-state index >= 15 is 0 Å². The number of anilines is 3. The predicted octanol–water partition coefficient (Wildman–Crippen LogP) is 4.40. The summed E-state index contributed by atoms with van der Waals surface area (Å²) in [7, 11) is 0. The summed E-state index contributed by atoms with van der Waals surface area (Å²) in [5.41, 5.74) is 1.11. The minimum atomic E-state index is -0.982. The van der Waals surface area contributed by atoms with Gasteiger partial charge in [-0.15, -0.1) is 0 Å². The Labute approximate surface area is 146 Å². The van der Waals surface area contributed by atoms with Crippen LogP contribution in [0.3, 0.4) is 0 Å². The van der Waals surface area contributed by atoms with Crippen LogP contribution in [0.25, 0.3) is 0 Å². The van der Waals surface area contributed by atoms with Crippen LogP contribution in [0, 0.1) is 11.6 Å². The molecule has 0 spiro atoms. The van der Waals surface area contributed by atoms with Crippen molar-refractivity contribution in [2.75, 3.05) is 10.6 Å². The van der Waals surface area contributed by atoms with Gasteiger partial charge >= 0.3 is 0 Å². The highest BCUT2D eigenvalue weighted by molar-refractivity contribution is 6.30. The molecule has 1 aromatic heterocycles. The zero-order valence-corrected chi connectivity index (χ0v) is 13.4. The Morgan fingerprint density at radius 2 is 1.56 bits per heavy atom. The molecule has 0 saturated carbocycles. The fourth-order valence-corrected chi connectivity index (χ4v) is 2.08. The van der Waals surface area contributed by atoms with Crippen molar-refractivity contribution in [3.8, 4) is 0 Å². The minimum absolute atomic E-state index is 0.147. The number of nitrogens with one attached hydrogen (secondary N) is 2. The van der Waals surface area contributed by atoms with Crippen LogP contribution in [-0.4, -0.2) is 15.9 Å². The summed E-state index contributed by atoms with van der Waals surface area (Å²) in [6.45, 7) is 0. The van der Waals surface area contributed by atoms with Crippen LogP contribution in [0.2, 0.25) is 5.02 Å². The van der Waals surface area contributed by atoms with Crippen molar-refractivity contribution in [3.05, 3.63) is 77.1 Å². The van der Waals surface area contributed by atoms with E-state index in [0.717, 1.165) is 12.1 Å².